The molecule has 0 radical (unpaired) electrons. The Morgan fingerprint density at radius 2 is 1.15 bits per heavy atom. The molecule has 40 heavy (non-hydrogen) atoms. The van der Waals surface area contributed by atoms with Crippen molar-refractivity contribution in [3.05, 3.63) is 0 Å². The molecule has 0 rings (SSSR count). The lowest BCUT2D eigenvalue weighted by Crippen LogP contribution is -2.27. The highest BCUT2D eigenvalue weighted by molar-refractivity contribution is 5.68. The number of hydrogen-bond acceptors (Lipinski definition) is 6. The summed E-state index contributed by atoms with van der Waals surface area (Å²) in [7, 11) is 1.45. The van der Waals surface area contributed by atoms with Crippen molar-refractivity contribution < 1.29 is 24.5 Å². The number of carbonyl (C=O) groups excluding carboxylic acids is 1. The van der Waals surface area contributed by atoms with Crippen molar-refractivity contribution in [1.82, 2.24) is 4.90 Å². The van der Waals surface area contributed by atoms with Gasteiger partial charge in [0, 0.05) is 19.6 Å². The van der Waals surface area contributed by atoms with E-state index >= 15 is 0 Å². The zero-order valence-electron chi connectivity index (χ0n) is 27.0. The molecule has 0 aromatic rings. The van der Waals surface area contributed by atoms with Crippen LogP contribution in [-0.4, -0.2) is 67.3 Å². The number of rotatable bonds is 32. The van der Waals surface area contributed by atoms with Crippen LogP contribution in [0.3, 0.4) is 0 Å². The van der Waals surface area contributed by atoms with Gasteiger partial charge in [-0.05, 0) is 76.9 Å². The molecule has 0 aliphatic rings. The normalized spacial score (nSPS) is 12.5. The number of hydrogen-bond donors (Lipinski definition) is 2. The van der Waals surface area contributed by atoms with E-state index in [2.05, 4.69) is 18.7 Å². The minimum absolute atomic E-state index is 0.103. The molecule has 0 saturated heterocycles. The fourth-order valence-corrected chi connectivity index (χ4v) is 5.46. The Morgan fingerprint density at radius 1 is 0.650 bits per heavy atom. The molecule has 0 saturated carbocycles. The first-order valence-corrected chi connectivity index (χ1v) is 17.3. The third-order valence-electron chi connectivity index (χ3n) is 8.16. The van der Waals surface area contributed by atoms with Gasteiger partial charge < -0.3 is 24.6 Å². The number of methoxy groups -OCH3 is 1. The van der Waals surface area contributed by atoms with E-state index in [1.165, 1.54) is 97.0 Å². The summed E-state index contributed by atoms with van der Waals surface area (Å²) in [6.07, 6.45) is 25.7. The summed E-state index contributed by atoms with van der Waals surface area (Å²) in [5, 5.41) is 19.4. The first-order chi connectivity index (χ1) is 19.6. The summed E-state index contributed by atoms with van der Waals surface area (Å²) < 4.78 is 10.5. The second kappa shape index (κ2) is 31.3. The first-order valence-electron chi connectivity index (χ1n) is 17.3. The molecule has 0 aromatic carbocycles. The quantitative estimate of drug-likeness (QED) is 0.0479. The highest BCUT2D eigenvalue weighted by Gasteiger charge is 2.11. The van der Waals surface area contributed by atoms with E-state index in [0.29, 0.717) is 13.0 Å². The lowest BCUT2D eigenvalue weighted by atomic mass is 9.92. The molecule has 0 heterocycles. The Labute approximate surface area is 249 Å². The third kappa shape index (κ3) is 27.5. The van der Waals surface area contributed by atoms with Gasteiger partial charge in [0.15, 0.2) is 6.29 Å². The number of unbranched alkanes of at least 4 members (excludes halogenated alkanes) is 13. The number of ether oxygens (including phenoxy) is 2. The molecule has 6 nitrogen and oxygen atoms in total. The summed E-state index contributed by atoms with van der Waals surface area (Å²) >= 11 is 0. The summed E-state index contributed by atoms with van der Waals surface area (Å²) in [5.74, 6) is 0.654. The summed E-state index contributed by atoms with van der Waals surface area (Å²) in [5.41, 5.74) is 0. The Bertz CT molecular complexity index is 509. The predicted molar refractivity (Wildman–Crippen MR) is 169 cm³/mol. The van der Waals surface area contributed by atoms with Crippen molar-refractivity contribution in [2.45, 2.75) is 168 Å². The van der Waals surface area contributed by atoms with E-state index < -0.39 is 6.29 Å². The Kier molecular flexibility index (Phi) is 30.7. The van der Waals surface area contributed by atoms with Gasteiger partial charge in [0.1, 0.15) is 0 Å². The van der Waals surface area contributed by atoms with Gasteiger partial charge in [0.2, 0.25) is 0 Å². The number of esters is 1. The van der Waals surface area contributed by atoms with E-state index in [1.54, 1.807) is 0 Å². The maximum Gasteiger partial charge on any atom is 0.305 e. The smallest absolute Gasteiger partial charge is 0.305 e. The molecule has 1 unspecified atom stereocenters. The molecule has 0 amide bonds. The average molecular weight is 572 g/mol. The number of nitrogens with zero attached hydrogens (tertiary/aromatic N) is 1. The second-order valence-corrected chi connectivity index (χ2v) is 11.9. The van der Waals surface area contributed by atoms with Crippen molar-refractivity contribution >= 4 is 5.97 Å². The molecular formula is C34H69NO5. The zero-order chi connectivity index (χ0) is 29.5. The summed E-state index contributed by atoms with van der Waals surface area (Å²) in [6, 6.07) is 0. The van der Waals surface area contributed by atoms with Crippen molar-refractivity contribution in [3.8, 4) is 0 Å². The van der Waals surface area contributed by atoms with Gasteiger partial charge in [-0.3, -0.25) is 4.79 Å². The van der Waals surface area contributed by atoms with Gasteiger partial charge in [-0.25, -0.2) is 0 Å². The van der Waals surface area contributed by atoms with Gasteiger partial charge in [-0.2, -0.15) is 0 Å². The molecule has 0 aliphatic carbocycles. The van der Waals surface area contributed by atoms with Gasteiger partial charge in [0.05, 0.1) is 7.11 Å². The van der Waals surface area contributed by atoms with Crippen molar-refractivity contribution in [2.24, 2.45) is 5.92 Å². The fourth-order valence-electron chi connectivity index (χ4n) is 5.46. The number of aliphatic hydroxyl groups is 2. The van der Waals surface area contributed by atoms with Crippen LogP contribution in [0.1, 0.15) is 162 Å². The lowest BCUT2D eigenvalue weighted by Gasteiger charge is -2.22. The minimum atomic E-state index is -0.602. The standard InChI is InChI=1S/C34H69NO5/c1-4-6-14-22-32(23-15-7-5-2)26-31-40-34(38)25-17-11-9-13-19-28-35(29-20-21-30-36)27-18-12-8-10-16-24-33(37)39-3/h32,34,36,38H,4-31H2,1-3H3. The van der Waals surface area contributed by atoms with E-state index in [1.807, 2.05) is 0 Å². The molecule has 2 N–H and O–H groups in total. The lowest BCUT2D eigenvalue weighted by molar-refractivity contribution is -0.140. The van der Waals surface area contributed by atoms with E-state index in [0.717, 1.165) is 76.9 Å². The second-order valence-electron chi connectivity index (χ2n) is 11.9. The number of aliphatic hydroxyl groups excluding tert-OH is 2. The molecule has 6 heteroatoms. The maximum absolute atomic E-state index is 11.2. The van der Waals surface area contributed by atoms with Crippen LogP contribution >= 0.6 is 0 Å². The van der Waals surface area contributed by atoms with Crippen LogP contribution in [0, 0.1) is 5.92 Å². The van der Waals surface area contributed by atoms with E-state index in [4.69, 9.17) is 14.6 Å². The van der Waals surface area contributed by atoms with Gasteiger partial charge in [-0.15, -0.1) is 0 Å². The molecule has 0 spiro atoms. The maximum atomic E-state index is 11.2. The van der Waals surface area contributed by atoms with Crippen molar-refractivity contribution in [1.29, 1.82) is 0 Å². The van der Waals surface area contributed by atoms with Crippen molar-refractivity contribution in [2.75, 3.05) is 40.0 Å². The Balaban J connectivity index is 3.92. The van der Waals surface area contributed by atoms with Gasteiger partial charge in [-0.1, -0.05) is 104 Å². The molecular weight excluding hydrogens is 502 g/mol. The minimum Gasteiger partial charge on any atom is -0.469 e. The molecule has 0 aromatic heterocycles. The highest BCUT2D eigenvalue weighted by Crippen LogP contribution is 2.21. The number of carbonyl (C=O) groups is 1. The van der Waals surface area contributed by atoms with E-state index in [-0.39, 0.29) is 12.6 Å². The molecule has 240 valence electrons. The van der Waals surface area contributed by atoms with E-state index in [9.17, 15) is 9.90 Å². The monoisotopic (exact) mass is 572 g/mol. The van der Waals surface area contributed by atoms with Crippen LogP contribution in [0.2, 0.25) is 0 Å². The highest BCUT2D eigenvalue weighted by atomic mass is 16.6. The molecule has 0 fully saturated rings. The fraction of sp³-hybridized carbons (Fsp3) is 0.971. The van der Waals surface area contributed by atoms with Gasteiger partial charge in [0.25, 0.3) is 0 Å². The largest absolute Gasteiger partial charge is 0.469 e. The summed E-state index contributed by atoms with van der Waals surface area (Å²) in [4.78, 5) is 13.8. The SMILES string of the molecule is CCCCCC(CCCCC)CCOC(O)CCCCCCCN(CCCCO)CCCCCCCC(=O)OC. The van der Waals surface area contributed by atoms with Crippen LogP contribution in [0.5, 0.6) is 0 Å². The zero-order valence-corrected chi connectivity index (χ0v) is 27.0. The molecule has 0 aliphatic heterocycles. The van der Waals surface area contributed by atoms with Crippen LogP contribution in [0.25, 0.3) is 0 Å². The Morgan fingerprint density at radius 3 is 1.70 bits per heavy atom. The predicted octanol–water partition coefficient (Wildman–Crippen LogP) is 8.42. The Hall–Kier alpha value is -0.690. The molecule has 1 atom stereocenters. The van der Waals surface area contributed by atoms with Crippen LogP contribution in [0.15, 0.2) is 0 Å². The van der Waals surface area contributed by atoms with Crippen LogP contribution in [-0.2, 0) is 14.3 Å². The van der Waals surface area contributed by atoms with Crippen molar-refractivity contribution in [3.63, 3.8) is 0 Å². The van der Waals surface area contributed by atoms with Gasteiger partial charge >= 0.3 is 5.97 Å². The van der Waals surface area contributed by atoms with Crippen LogP contribution in [0.4, 0.5) is 0 Å². The summed E-state index contributed by atoms with van der Waals surface area (Å²) in [6.45, 7) is 8.85. The molecule has 0 bridgehead atoms. The first kappa shape index (κ1) is 39.3. The topological polar surface area (TPSA) is 79.2 Å². The third-order valence-corrected chi connectivity index (χ3v) is 8.16. The van der Waals surface area contributed by atoms with Crippen LogP contribution < -0.4 is 0 Å². The average Bonchev–Trinajstić information content (AvgIpc) is 2.95.